The predicted molar refractivity (Wildman–Crippen MR) is 134 cm³/mol. The molecule has 5 rings (SSSR count). The molecule has 4 N–H and O–H groups in total. The number of rotatable bonds is 6. The molecule has 33 heavy (non-hydrogen) atoms. The summed E-state index contributed by atoms with van der Waals surface area (Å²) in [5.41, 5.74) is 0. The van der Waals surface area contributed by atoms with Crippen LogP contribution in [0.2, 0.25) is 0 Å². The first kappa shape index (κ1) is 27.5. The largest absolute Gasteiger partial charge is 0.412 e. The van der Waals surface area contributed by atoms with Gasteiger partial charge in [0.05, 0.1) is 16.5 Å². The minimum Gasteiger partial charge on any atom is -0.412 e. The highest BCUT2D eigenvalue weighted by atomic mass is 35.5. The third-order valence-corrected chi connectivity index (χ3v) is 7.89. The summed E-state index contributed by atoms with van der Waals surface area (Å²) in [6.07, 6.45) is 5.95. The van der Waals surface area contributed by atoms with Crippen molar-refractivity contribution in [2.45, 2.75) is 38.5 Å². The number of carbonyl (C=O) groups is 2. The summed E-state index contributed by atoms with van der Waals surface area (Å²) in [6.45, 7) is 5.72. The molecule has 1 aromatic carbocycles. The van der Waals surface area contributed by atoms with Gasteiger partial charge in [0.25, 0.3) is 0 Å². The van der Waals surface area contributed by atoms with E-state index in [9.17, 15) is 9.59 Å². The number of likely N-dealkylation sites (tertiary alicyclic amines) is 1. The Morgan fingerprint density at radius 3 is 2.15 bits per heavy atom. The van der Waals surface area contributed by atoms with Crippen LogP contribution in [0.25, 0.3) is 10.1 Å². The van der Waals surface area contributed by atoms with Crippen LogP contribution in [0.4, 0.5) is 5.82 Å². The molecular weight excluding hydrogens is 464 g/mol. The number of piperazine rings is 1. The minimum absolute atomic E-state index is 0. The van der Waals surface area contributed by atoms with Gasteiger partial charge in [-0.25, -0.2) is 0 Å². The number of aromatic nitrogens is 1. The second-order valence-electron chi connectivity index (χ2n) is 8.86. The molecule has 2 amide bonds. The van der Waals surface area contributed by atoms with Crippen LogP contribution in [-0.4, -0.2) is 76.2 Å². The van der Waals surface area contributed by atoms with E-state index in [1.165, 1.54) is 10.1 Å². The van der Waals surface area contributed by atoms with Crippen molar-refractivity contribution in [1.82, 2.24) is 14.2 Å². The van der Waals surface area contributed by atoms with Gasteiger partial charge in [-0.2, -0.15) is 4.37 Å². The molecule has 1 aromatic heterocycles. The second-order valence-corrected chi connectivity index (χ2v) is 9.67. The maximum atomic E-state index is 12.6. The molecule has 2 saturated heterocycles. The Balaban J connectivity index is 0.00000128. The lowest BCUT2D eigenvalue weighted by molar-refractivity contribution is -0.140. The molecule has 3 aliphatic rings. The van der Waals surface area contributed by atoms with Crippen molar-refractivity contribution >= 4 is 51.7 Å². The zero-order chi connectivity index (χ0) is 20.5. The fraction of sp³-hybridized carbons (Fsp3) is 0.609. The number of hydrogen-bond donors (Lipinski definition) is 0. The number of fused-ring (bicyclic) bond motifs is 2. The molecule has 0 radical (unpaired) electrons. The van der Waals surface area contributed by atoms with E-state index in [2.05, 4.69) is 38.4 Å². The molecule has 3 fully saturated rings. The van der Waals surface area contributed by atoms with Crippen LogP contribution in [0.15, 0.2) is 24.3 Å². The van der Waals surface area contributed by atoms with E-state index in [1.54, 1.807) is 16.4 Å². The van der Waals surface area contributed by atoms with Crippen molar-refractivity contribution in [3.05, 3.63) is 24.3 Å². The van der Waals surface area contributed by atoms with Crippen molar-refractivity contribution in [1.29, 1.82) is 0 Å². The number of unbranched alkanes of at least 4 members (excludes halogenated alkanes) is 1. The van der Waals surface area contributed by atoms with E-state index in [-0.39, 0.29) is 47.0 Å². The summed E-state index contributed by atoms with van der Waals surface area (Å²) in [6, 6.07) is 8.45. The van der Waals surface area contributed by atoms with Crippen LogP contribution in [0, 0.1) is 11.8 Å². The van der Waals surface area contributed by atoms with Gasteiger partial charge in [0.15, 0.2) is 0 Å². The van der Waals surface area contributed by atoms with E-state index < -0.39 is 0 Å². The Morgan fingerprint density at radius 1 is 0.879 bits per heavy atom. The third-order valence-electron chi connectivity index (χ3n) is 7.07. The maximum Gasteiger partial charge on any atom is 0.233 e. The molecule has 0 bridgehead atoms. The Morgan fingerprint density at radius 2 is 1.48 bits per heavy atom. The maximum absolute atomic E-state index is 12.6. The lowest BCUT2D eigenvalue weighted by atomic mass is 9.81. The normalized spacial score (nSPS) is 23.0. The monoisotopic (exact) mass is 498 g/mol. The lowest BCUT2D eigenvalue weighted by Crippen LogP contribution is -2.46. The van der Waals surface area contributed by atoms with Crippen molar-refractivity contribution in [2.24, 2.45) is 11.8 Å². The van der Waals surface area contributed by atoms with E-state index in [0.29, 0.717) is 6.54 Å². The van der Waals surface area contributed by atoms with E-state index >= 15 is 0 Å². The van der Waals surface area contributed by atoms with Gasteiger partial charge in [0.1, 0.15) is 5.82 Å². The highest BCUT2D eigenvalue weighted by molar-refractivity contribution is 7.13. The highest BCUT2D eigenvalue weighted by Gasteiger charge is 2.47. The Hall–Kier alpha value is -1.78. The standard InChI is InChI=1S/C23H30N4O2S.ClH.2H2O/c28-22-17-7-1-2-8-18(17)23(29)27(22)12-6-5-11-25-13-15-26(16-14-25)21-19-9-3-4-10-20(19)30-24-21;;;/h3-4,9-10,17-18H,1-2,5-8,11-16H2;1H;2*1H2/t17-,18+;;;. The van der Waals surface area contributed by atoms with Crippen LogP contribution in [-0.2, 0) is 9.59 Å². The average Bonchev–Trinajstić information content (AvgIpc) is 3.32. The smallest absolute Gasteiger partial charge is 0.233 e. The molecule has 2 aromatic rings. The van der Waals surface area contributed by atoms with Gasteiger partial charge in [-0.3, -0.25) is 19.4 Å². The molecule has 1 aliphatic carbocycles. The highest BCUT2D eigenvalue weighted by Crippen LogP contribution is 2.38. The molecule has 1 saturated carbocycles. The van der Waals surface area contributed by atoms with Crippen molar-refractivity contribution in [3.8, 4) is 0 Å². The van der Waals surface area contributed by atoms with Gasteiger partial charge in [-0.05, 0) is 55.9 Å². The van der Waals surface area contributed by atoms with Gasteiger partial charge in [-0.15, -0.1) is 12.4 Å². The number of hydrogen-bond acceptors (Lipinski definition) is 6. The number of carbonyl (C=O) groups excluding carboxylic acids is 2. The van der Waals surface area contributed by atoms with Gasteiger partial charge in [-0.1, -0.05) is 25.0 Å². The van der Waals surface area contributed by atoms with Gasteiger partial charge in [0.2, 0.25) is 11.8 Å². The van der Waals surface area contributed by atoms with E-state index in [1.807, 2.05) is 0 Å². The van der Waals surface area contributed by atoms with Crippen LogP contribution >= 0.6 is 23.9 Å². The van der Waals surface area contributed by atoms with Crippen LogP contribution in [0.1, 0.15) is 38.5 Å². The summed E-state index contributed by atoms with van der Waals surface area (Å²) < 4.78 is 5.94. The van der Waals surface area contributed by atoms with E-state index in [4.69, 9.17) is 0 Å². The molecule has 2 aliphatic heterocycles. The summed E-state index contributed by atoms with van der Waals surface area (Å²) in [5.74, 6) is 1.31. The third kappa shape index (κ3) is 5.49. The summed E-state index contributed by atoms with van der Waals surface area (Å²) in [4.78, 5) is 31.6. The predicted octanol–water partition coefficient (Wildman–Crippen LogP) is 2.15. The zero-order valence-corrected chi connectivity index (χ0v) is 20.5. The number of halogens is 1. The van der Waals surface area contributed by atoms with Crippen LogP contribution in [0.5, 0.6) is 0 Å². The van der Waals surface area contributed by atoms with E-state index in [0.717, 1.165) is 77.1 Å². The number of amides is 2. The topological polar surface area (TPSA) is 120 Å². The number of nitrogens with zero attached hydrogens (tertiary/aromatic N) is 4. The second kappa shape index (κ2) is 12.1. The Bertz CT molecular complexity index is 910. The molecule has 3 heterocycles. The summed E-state index contributed by atoms with van der Waals surface area (Å²) >= 11 is 1.58. The first-order valence-electron chi connectivity index (χ1n) is 11.4. The first-order valence-corrected chi connectivity index (χ1v) is 12.2. The molecule has 0 spiro atoms. The molecule has 0 unspecified atom stereocenters. The van der Waals surface area contributed by atoms with Crippen molar-refractivity contribution in [2.75, 3.05) is 44.2 Å². The molecular formula is C23H35ClN4O4S. The van der Waals surface area contributed by atoms with Crippen LogP contribution in [0.3, 0.4) is 0 Å². The Labute approximate surface area is 205 Å². The molecule has 184 valence electrons. The van der Waals surface area contributed by atoms with Crippen molar-refractivity contribution < 1.29 is 20.5 Å². The van der Waals surface area contributed by atoms with Crippen molar-refractivity contribution in [3.63, 3.8) is 0 Å². The zero-order valence-electron chi connectivity index (χ0n) is 18.9. The fourth-order valence-corrected chi connectivity index (χ4v) is 6.14. The quantitative estimate of drug-likeness (QED) is 0.446. The van der Waals surface area contributed by atoms with Gasteiger partial charge >= 0.3 is 0 Å². The molecule has 2 atom stereocenters. The summed E-state index contributed by atoms with van der Waals surface area (Å²) in [5, 5.41) is 1.26. The van der Waals surface area contributed by atoms with Gasteiger partial charge in [0, 0.05) is 38.1 Å². The minimum atomic E-state index is -0.0128. The average molecular weight is 499 g/mol. The molecule has 10 heteroatoms. The lowest BCUT2D eigenvalue weighted by Gasteiger charge is -2.35. The number of anilines is 1. The van der Waals surface area contributed by atoms with Crippen LogP contribution < -0.4 is 4.90 Å². The fourth-order valence-electron chi connectivity index (χ4n) is 5.34. The summed E-state index contributed by atoms with van der Waals surface area (Å²) in [7, 11) is 0. The SMILES string of the molecule is Cl.O.O.O=C1[C@H]2CCCC[C@H]2C(=O)N1CCCCN1CCN(c2nsc3ccccc23)CC1. The Kier molecular flexibility index (Phi) is 10.1. The number of imide groups is 1. The molecule has 8 nitrogen and oxygen atoms in total. The van der Waals surface area contributed by atoms with Gasteiger partial charge < -0.3 is 15.9 Å². The first-order chi connectivity index (χ1) is 14.7. The number of benzene rings is 1.